The van der Waals surface area contributed by atoms with E-state index in [1.807, 2.05) is 19.1 Å². The largest absolute Gasteiger partial charge is 0.423 e. The van der Waals surface area contributed by atoms with E-state index in [0.29, 0.717) is 0 Å². The third-order valence-corrected chi connectivity index (χ3v) is 9.79. The maximum absolute atomic E-state index is 14.5. The number of hydrogen-bond acceptors (Lipinski definition) is 2. The zero-order valence-corrected chi connectivity index (χ0v) is 22.9. The predicted octanol–water partition coefficient (Wildman–Crippen LogP) is 9.46. The first-order chi connectivity index (χ1) is 17.6. The fourth-order valence-corrected chi connectivity index (χ4v) is 7.61. The predicted molar refractivity (Wildman–Crippen MR) is 146 cm³/mol. The molecule has 1 aromatic rings. The van der Waals surface area contributed by atoms with Crippen LogP contribution in [-0.2, 0) is 11.2 Å². The van der Waals surface area contributed by atoms with Crippen LogP contribution in [0.25, 0.3) is 0 Å². The number of hydrogen-bond donors (Lipinski definition) is 0. The van der Waals surface area contributed by atoms with Crippen molar-refractivity contribution in [3.63, 3.8) is 0 Å². The molecule has 4 unspecified atom stereocenters. The molecule has 0 bridgehead atoms. The lowest BCUT2D eigenvalue weighted by Gasteiger charge is -2.45. The van der Waals surface area contributed by atoms with Crippen LogP contribution in [-0.4, -0.2) is 5.97 Å². The molecule has 4 rings (SSSR count). The molecule has 3 aliphatic carbocycles. The minimum atomic E-state index is -0.424. The number of ether oxygens (including phenoxy) is 1. The topological polar surface area (TPSA) is 26.3 Å². The molecule has 0 radical (unpaired) electrons. The van der Waals surface area contributed by atoms with Gasteiger partial charge in [0, 0.05) is 0 Å². The Morgan fingerprint density at radius 1 is 0.944 bits per heavy atom. The Labute approximate surface area is 219 Å². The van der Waals surface area contributed by atoms with Gasteiger partial charge in [-0.25, -0.2) is 4.39 Å². The maximum atomic E-state index is 14.5. The van der Waals surface area contributed by atoms with Crippen LogP contribution in [0.2, 0.25) is 0 Å². The summed E-state index contributed by atoms with van der Waals surface area (Å²) < 4.78 is 20.1. The lowest BCUT2D eigenvalue weighted by atomic mass is 9.60. The first-order valence-corrected chi connectivity index (χ1v) is 15.2. The highest BCUT2D eigenvalue weighted by Gasteiger charge is 2.39. The van der Waals surface area contributed by atoms with E-state index in [2.05, 4.69) is 13.0 Å². The van der Waals surface area contributed by atoms with E-state index in [1.165, 1.54) is 70.3 Å². The third kappa shape index (κ3) is 7.45. The van der Waals surface area contributed by atoms with Gasteiger partial charge in [-0.2, -0.15) is 0 Å². The third-order valence-electron chi connectivity index (χ3n) is 9.79. The van der Waals surface area contributed by atoms with Crippen molar-refractivity contribution in [2.45, 2.75) is 117 Å². The fraction of sp³-hybridized carbons (Fsp3) is 0.727. The number of esters is 1. The van der Waals surface area contributed by atoms with Crippen LogP contribution in [0.5, 0.6) is 5.75 Å². The van der Waals surface area contributed by atoms with Gasteiger partial charge in [-0.3, -0.25) is 4.79 Å². The van der Waals surface area contributed by atoms with Crippen LogP contribution in [0.4, 0.5) is 4.39 Å². The summed E-state index contributed by atoms with van der Waals surface area (Å²) in [5.41, 5.74) is 0.936. The Morgan fingerprint density at radius 3 is 2.36 bits per heavy atom. The summed E-state index contributed by atoms with van der Waals surface area (Å²) in [6.45, 7) is 4.29. The van der Waals surface area contributed by atoms with Crippen LogP contribution in [0.3, 0.4) is 0 Å². The molecule has 0 saturated heterocycles. The number of rotatable bonds is 10. The molecule has 3 saturated carbocycles. The molecule has 0 aromatic heterocycles. The van der Waals surface area contributed by atoms with Gasteiger partial charge in [-0.1, -0.05) is 57.2 Å². The van der Waals surface area contributed by atoms with Gasteiger partial charge in [0.15, 0.2) is 11.6 Å². The zero-order chi connectivity index (χ0) is 25.3. The van der Waals surface area contributed by atoms with E-state index in [1.54, 1.807) is 6.07 Å². The minimum absolute atomic E-state index is 0.0788. The highest BCUT2D eigenvalue weighted by Crippen LogP contribution is 2.49. The number of allylic oxidation sites excluding steroid dienone is 2. The SMILES string of the molecule is C/C=C/CCc1ccc(OC(=O)C2CCC(C3CCC4CC(CCCCC)CCC4C3)CC2)c(F)c1. The van der Waals surface area contributed by atoms with E-state index in [0.717, 1.165) is 73.7 Å². The highest BCUT2D eigenvalue weighted by atomic mass is 19.1. The van der Waals surface area contributed by atoms with Gasteiger partial charge in [0.25, 0.3) is 0 Å². The smallest absolute Gasteiger partial charge is 0.314 e. The van der Waals surface area contributed by atoms with Crippen molar-refractivity contribution >= 4 is 5.97 Å². The fourth-order valence-electron chi connectivity index (χ4n) is 7.61. The van der Waals surface area contributed by atoms with Crippen LogP contribution in [0, 0.1) is 41.3 Å². The molecule has 3 fully saturated rings. The van der Waals surface area contributed by atoms with Crippen LogP contribution in [0.1, 0.15) is 116 Å². The van der Waals surface area contributed by atoms with Gasteiger partial charge in [0.2, 0.25) is 0 Å². The Hall–Kier alpha value is -1.64. The molecule has 2 nitrogen and oxygen atoms in total. The number of unbranched alkanes of at least 4 members (excludes halogenated alkanes) is 2. The standard InChI is InChI=1S/C33H49FO2/c1-3-5-7-9-24-11-13-30-23-29(19-18-28(30)21-24)26-14-16-27(17-15-26)33(35)36-32-20-12-25(22-31(32)34)10-8-6-4-2/h4,6,12,20,22,24,26-30H,3,5,7-11,13-19,21,23H2,1-2H3/b6-4+. The molecule has 0 N–H and O–H groups in total. The Kier molecular flexibility index (Phi) is 10.5. The number of fused-ring (bicyclic) bond motifs is 1. The lowest BCUT2D eigenvalue weighted by molar-refractivity contribution is -0.140. The molecule has 36 heavy (non-hydrogen) atoms. The van der Waals surface area contributed by atoms with E-state index in [-0.39, 0.29) is 17.6 Å². The van der Waals surface area contributed by atoms with Gasteiger partial charge in [-0.15, -0.1) is 0 Å². The van der Waals surface area contributed by atoms with E-state index in [9.17, 15) is 9.18 Å². The Balaban J connectivity index is 1.20. The second-order valence-electron chi connectivity index (χ2n) is 12.2. The number of benzene rings is 1. The molecule has 0 aliphatic heterocycles. The average Bonchev–Trinajstić information content (AvgIpc) is 2.90. The van der Waals surface area contributed by atoms with E-state index in [4.69, 9.17) is 4.74 Å². The van der Waals surface area contributed by atoms with Crippen LogP contribution in [0.15, 0.2) is 30.4 Å². The number of aryl methyl sites for hydroxylation is 1. The molecule has 200 valence electrons. The summed E-state index contributed by atoms with van der Waals surface area (Å²) >= 11 is 0. The van der Waals surface area contributed by atoms with Crippen LogP contribution < -0.4 is 4.74 Å². The summed E-state index contributed by atoms with van der Waals surface area (Å²) in [5, 5.41) is 0. The zero-order valence-electron chi connectivity index (χ0n) is 22.9. The van der Waals surface area contributed by atoms with Crippen molar-refractivity contribution in [2.75, 3.05) is 0 Å². The molecule has 4 atom stereocenters. The summed E-state index contributed by atoms with van der Waals surface area (Å²) in [6.07, 6.45) is 24.1. The molecule has 3 heteroatoms. The average molecular weight is 497 g/mol. The second kappa shape index (κ2) is 13.8. The molecule has 3 aliphatic rings. The van der Waals surface area contributed by atoms with Crippen molar-refractivity contribution in [1.29, 1.82) is 0 Å². The van der Waals surface area contributed by atoms with Gasteiger partial charge < -0.3 is 4.74 Å². The Morgan fingerprint density at radius 2 is 1.64 bits per heavy atom. The Bertz CT molecular complexity index is 853. The second-order valence-corrected chi connectivity index (χ2v) is 12.2. The first kappa shape index (κ1) is 27.4. The van der Waals surface area contributed by atoms with Gasteiger partial charge in [-0.05, 0) is 125 Å². The van der Waals surface area contributed by atoms with Crippen molar-refractivity contribution in [1.82, 2.24) is 0 Å². The quantitative estimate of drug-likeness (QED) is 0.139. The molecular formula is C33H49FO2. The molecule has 0 heterocycles. The van der Waals surface area contributed by atoms with Gasteiger partial charge in [0.1, 0.15) is 0 Å². The molecule has 0 spiro atoms. The minimum Gasteiger partial charge on any atom is -0.423 e. The summed E-state index contributed by atoms with van der Waals surface area (Å²) in [5.74, 6) is 3.90. The van der Waals surface area contributed by atoms with Crippen molar-refractivity contribution in [3.8, 4) is 5.75 Å². The summed E-state index contributed by atoms with van der Waals surface area (Å²) in [6, 6.07) is 5.01. The lowest BCUT2D eigenvalue weighted by Crippen LogP contribution is -2.35. The highest BCUT2D eigenvalue weighted by molar-refractivity contribution is 5.75. The van der Waals surface area contributed by atoms with Crippen LogP contribution >= 0.6 is 0 Å². The summed E-state index contributed by atoms with van der Waals surface area (Å²) in [7, 11) is 0. The van der Waals surface area contributed by atoms with E-state index < -0.39 is 5.82 Å². The van der Waals surface area contributed by atoms with Gasteiger partial charge >= 0.3 is 5.97 Å². The van der Waals surface area contributed by atoms with E-state index >= 15 is 0 Å². The molecule has 0 amide bonds. The first-order valence-electron chi connectivity index (χ1n) is 15.2. The number of carbonyl (C=O) groups excluding carboxylic acids is 1. The van der Waals surface area contributed by atoms with Crippen molar-refractivity contribution in [2.24, 2.45) is 35.5 Å². The monoisotopic (exact) mass is 496 g/mol. The maximum Gasteiger partial charge on any atom is 0.314 e. The summed E-state index contributed by atoms with van der Waals surface area (Å²) in [4.78, 5) is 12.8. The molecular weight excluding hydrogens is 447 g/mol. The van der Waals surface area contributed by atoms with Gasteiger partial charge in [0.05, 0.1) is 5.92 Å². The number of carbonyl (C=O) groups is 1. The van der Waals surface area contributed by atoms with Crippen molar-refractivity contribution < 1.29 is 13.9 Å². The number of halogens is 1. The normalized spacial score (nSPS) is 30.8. The van der Waals surface area contributed by atoms with Crippen molar-refractivity contribution in [3.05, 3.63) is 41.7 Å². The molecule has 1 aromatic carbocycles.